The minimum Gasteiger partial charge on any atom is -0.370 e. The molecule has 3 N–H and O–H groups in total. The molecule has 0 heterocycles. The van der Waals surface area contributed by atoms with Crippen LogP contribution in [0.2, 0.25) is 0 Å². The molecule has 0 radical (unpaired) electrons. The van der Waals surface area contributed by atoms with Gasteiger partial charge in [-0.3, -0.25) is 0 Å². The maximum atomic E-state index is 5.92. The molecule has 100 valence electrons. The second-order valence-corrected chi connectivity index (χ2v) is 5.14. The number of hydrogen-bond donors (Lipinski definition) is 2. The molecule has 2 rings (SSSR count). The zero-order valence-electron chi connectivity index (χ0n) is 11.2. The molecular weight excluding hydrogens is 337 g/mol. The summed E-state index contributed by atoms with van der Waals surface area (Å²) in [5.41, 5.74) is 9.41. The summed E-state index contributed by atoms with van der Waals surface area (Å²) in [5, 5.41) is 3.17. The predicted octanol–water partition coefficient (Wildman–Crippen LogP) is 3.45. The van der Waals surface area contributed by atoms with Crippen molar-refractivity contribution in [2.45, 2.75) is 39.7 Å². The Bertz CT molecular complexity index is 422. The van der Waals surface area contributed by atoms with E-state index in [1.54, 1.807) is 0 Å². The third kappa shape index (κ3) is 3.86. The van der Waals surface area contributed by atoms with Gasteiger partial charge in [-0.25, -0.2) is 4.99 Å². The highest BCUT2D eigenvalue weighted by atomic mass is 127. The Labute approximate surface area is 126 Å². The fraction of sp³-hybridized carbons (Fsp3) is 0.500. The number of anilines is 1. The first-order valence-electron chi connectivity index (χ1n) is 6.23. The minimum atomic E-state index is 0. The van der Waals surface area contributed by atoms with Crippen molar-refractivity contribution in [3.63, 3.8) is 0 Å². The third-order valence-electron chi connectivity index (χ3n) is 3.37. The van der Waals surface area contributed by atoms with Crippen LogP contribution in [0.25, 0.3) is 0 Å². The lowest BCUT2D eigenvalue weighted by atomic mass is 9.82. The van der Waals surface area contributed by atoms with Crippen molar-refractivity contribution in [3.05, 3.63) is 29.3 Å². The van der Waals surface area contributed by atoms with E-state index in [4.69, 9.17) is 5.73 Å². The number of rotatable bonds is 2. The SMILES string of the molecule is Cc1cc(C)cc(NC(N)=NC2CCC2C)c1.I. The largest absolute Gasteiger partial charge is 0.370 e. The molecule has 0 aliphatic heterocycles. The monoisotopic (exact) mass is 359 g/mol. The van der Waals surface area contributed by atoms with E-state index < -0.39 is 0 Å². The van der Waals surface area contributed by atoms with Gasteiger partial charge in [-0.1, -0.05) is 13.0 Å². The molecule has 1 aliphatic carbocycles. The molecule has 0 bridgehead atoms. The van der Waals surface area contributed by atoms with Crippen LogP contribution in [0.4, 0.5) is 5.69 Å². The second kappa shape index (κ2) is 6.41. The average Bonchev–Trinajstić information content (AvgIpc) is 2.22. The van der Waals surface area contributed by atoms with Gasteiger partial charge in [0.1, 0.15) is 0 Å². The smallest absolute Gasteiger partial charge is 0.193 e. The number of nitrogens with one attached hydrogen (secondary N) is 1. The maximum Gasteiger partial charge on any atom is 0.193 e. The van der Waals surface area contributed by atoms with Crippen molar-refractivity contribution in [1.29, 1.82) is 0 Å². The highest BCUT2D eigenvalue weighted by Gasteiger charge is 2.26. The summed E-state index contributed by atoms with van der Waals surface area (Å²) in [7, 11) is 0. The Kier molecular flexibility index (Phi) is 5.44. The zero-order valence-corrected chi connectivity index (χ0v) is 13.6. The van der Waals surface area contributed by atoms with Gasteiger partial charge >= 0.3 is 0 Å². The maximum absolute atomic E-state index is 5.92. The van der Waals surface area contributed by atoms with Gasteiger partial charge in [0.25, 0.3) is 0 Å². The van der Waals surface area contributed by atoms with Crippen LogP contribution in [0, 0.1) is 19.8 Å². The summed E-state index contributed by atoms with van der Waals surface area (Å²) < 4.78 is 0. The van der Waals surface area contributed by atoms with Gasteiger partial charge in [0.05, 0.1) is 6.04 Å². The molecule has 2 atom stereocenters. The molecule has 2 unspecified atom stereocenters. The van der Waals surface area contributed by atoms with E-state index in [9.17, 15) is 0 Å². The van der Waals surface area contributed by atoms with Crippen LogP contribution in [-0.4, -0.2) is 12.0 Å². The van der Waals surface area contributed by atoms with Gasteiger partial charge in [-0.2, -0.15) is 0 Å². The Hall–Kier alpha value is -0.780. The Morgan fingerprint density at radius 3 is 2.28 bits per heavy atom. The minimum absolute atomic E-state index is 0. The van der Waals surface area contributed by atoms with E-state index in [1.807, 2.05) is 0 Å². The van der Waals surface area contributed by atoms with Gasteiger partial charge in [0.2, 0.25) is 0 Å². The van der Waals surface area contributed by atoms with Crippen LogP contribution >= 0.6 is 24.0 Å². The standard InChI is InChI=1S/C14H21N3.HI/c1-9-6-10(2)8-12(7-9)16-14(15)17-13-5-4-11(13)3;/h6-8,11,13H,4-5H2,1-3H3,(H3,15,16,17);1H. The predicted molar refractivity (Wildman–Crippen MR) is 88.8 cm³/mol. The van der Waals surface area contributed by atoms with Crippen molar-refractivity contribution < 1.29 is 0 Å². The zero-order chi connectivity index (χ0) is 12.4. The Balaban J connectivity index is 0.00000162. The quantitative estimate of drug-likeness (QED) is 0.483. The number of nitrogens with two attached hydrogens (primary N) is 1. The lowest BCUT2D eigenvalue weighted by Gasteiger charge is -2.30. The fourth-order valence-corrected chi connectivity index (χ4v) is 2.25. The number of aryl methyl sites for hydroxylation is 2. The molecule has 0 amide bonds. The average molecular weight is 359 g/mol. The van der Waals surface area contributed by atoms with Gasteiger partial charge in [0, 0.05) is 5.69 Å². The van der Waals surface area contributed by atoms with E-state index in [2.05, 4.69) is 49.3 Å². The molecule has 1 fully saturated rings. The van der Waals surface area contributed by atoms with Gasteiger partial charge in [-0.15, -0.1) is 24.0 Å². The third-order valence-corrected chi connectivity index (χ3v) is 3.37. The lowest BCUT2D eigenvalue weighted by molar-refractivity contribution is 0.284. The van der Waals surface area contributed by atoms with Crippen LogP contribution in [-0.2, 0) is 0 Å². The molecule has 1 aromatic rings. The van der Waals surface area contributed by atoms with Gasteiger partial charge in [-0.05, 0) is 55.9 Å². The molecule has 1 aliphatic rings. The number of guanidine groups is 1. The molecule has 0 spiro atoms. The molecule has 0 saturated heterocycles. The summed E-state index contributed by atoms with van der Waals surface area (Å²) >= 11 is 0. The Morgan fingerprint density at radius 2 is 1.83 bits per heavy atom. The van der Waals surface area contributed by atoms with Crippen LogP contribution in [0.15, 0.2) is 23.2 Å². The normalized spacial score (nSPS) is 22.9. The van der Waals surface area contributed by atoms with Gasteiger partial charge < -0.3 is 11.1 Å². The van der Waals surface area contributed by atoms with E-state index in [0.29, 0.717) is 17.9 Å². The fourth-order valence-electron chi connectivity index (χ4n) is 2.25. The van der Waals surface area contributed by atoms with Gasteiger partial charge in [0.15, 0.2) is 5.96 Å². The molecule has 0 aromatic heterocycles. The van der Waals surface area contributed by atoms with E-state index in [0.717, 1.165) is 12.1 Å². The molecular formula is C14H22IN3. The summed E-state index contributed by atoms with van der Waals surface area (Å²) in [5.74, 6) is 1.21. The number of benzene rings is 1. The number of halogens is 1. The topological polar surface area (TPSA) is 50.4 Å². The first kappa shape index (κ1) is 15.3. The highest BCUT2D eigenvalue weighted by Crippen LogP contribution is 2.29. The van der Waals surface area contributed by atoms with Crippen LogP contribution in [0.3, 0.4) is 0 Å². The van der Waals surface area contributed by atoms with E-state index >= 15 is 0 Å². The molecule has 1 aromatic carbocycles. The molecule has 1 saturated carbocycles. The second-order valence-electron chi connectivity index (χ2n) is 5.14. The molecule has 3 nitrogen and oxygen atoms in total. The first-order chi connectivity index (χ1) is 8.04. The van der Waals surface area contributed by atoms with Crippen molar-refractivity contribution in [2.75, 3.05) is 5.32 Å². The van der Waals surface area contributed by atoms with Crippen LogP contribution in [0.5, 0.6) is 0 Å². The highest BCUT2D eigenvalue weighted by molar-refractivity contribution is 14.0. The van der Waals surface area contributed by atoms with E-state index in [1.165, 1.54) is 17.5 Å². The number of aliphatic imine (C=N–C) groups is 1. The molecule has 4 heteroatoms. The summed E-state index contributed by atoms with van der Waals surface area (Å²) in [4.78, 5) is 4.50. The van der Waals surface area contributed by atoms with Crippen molar-refractivity contribution >= 4 is 35.6 Å². The van der Waals surface area contributed by atoms with Crippen LogP contribution < -0.4 is 11.1 Å². The first-order valence-corrected chi connectivity index (χ1v) is 6.23. The molecule has 18 heavy (non-hydrogen) atoms. The van der Waals surface area contributed by atoms with E-state index in [-0.39, 0.29) is 24.0 Å². The van der Waals surface area contributed by atoms with Crippen molar-refractivity contribution in [3.8, 4) is 0 Å². The number of hydrogen-bond acceptors (Lipinski definition) is 1. The van der Waals surface area contributed by atoms with Crippen molar-refractivity contribution in [1.82, 2.24) is 0 Å². The summed E-state index contributed by atoms with van der Waals surface area (Å²) in [6.07, 6.45) is 2.43. The van der Waals surface area contributed by atoms with Crippen molar-refractivity contribution in [2.24, 2.45) is 16.6 Å². The number of nitrogens with zero attached hydrogens (tertiary/aromatic N) is 1. The Morgan fingerprint density at radius 1 is 1.22 bits per heavy atom. The summed E-state index contributed by atoms with van der Waals surface area (Å²) in [6.45, 7) is 6.39. The van der Waals surface area contributed by atoms with Crippen LogP contribution in [0.1, 0.15) is 30.9 Å². The summed E-state index contributed by atoms with van der Waals surface area (Å²) in [6, 6.07) is 6.72. The lowest BCUT2D eigenvalue weighted by Crippen LogP contribution is -2.32.